The molecule has 5 heteroatoms. The summed E-state index contributed by atoms with van der Waals surface area (Å²) in [6.07, 6.45) is 1.51. The number of pyridine rings is 1. The van der Waals surface area contributed by atoms with Gasteiger partial charge in [0.15, 0.2) is 11.6 Å². The van der Waals surface area contributed by atoms with Crippen LogP contribution in [0.4, 0.5) is 10.1 Å². The summed E-state index contributed by atoms with van der Waals surface area (Å²) in [6, 6.07) is 6.35. The Morgan fingerprint density at radius 2 is 2.05 bits per heavy atom. The van der Waals surface area contributed by atoms with E-state index in [4.69, 9.17) is 15.7 Å². The average Bonchev–Trinajstić information content (AvgIpc) is 2.36. The molecule has 19 heavy (non-hydrogen) atoms. The molecule has 0 atom stereocenters. The lowest BCUT2D eigenvalue weighted by atomic mass is 10.1. The van der Waals surface area contributed by atoms with Crippen LogP contribution in [0.2, 0.25) is 0 Å². The summed E-state index contributed by atoms with van der Waals surface area (Å²) in [5.41, 5.74) is 7.66. The quantitative estimate of drug-likeness (QED) is 0.839. The van der Waals surface area contributed by atoms with Crippen LogP contribution in [0.5, 0.6) is 11.6 Å². The molecule has 0 fully saturated rings. The van der Waals surface area contributed by atoms with E-state index < -0.39 is 5.82 Å². The molecular formula is C14H12FN3O. The van der Waals surface area contributed by atoms with E-state index in [2.05, 4.69) is 4.98 Å². The van der Waals surface area contributed by atoms with Gasteiger partial charge in [-0.25, -0.2) is 9.37 Å². The number of nitrogens with two attached hydrogens (primary N) is 1. The van der Waals surface area contributed by atoms with E-state index in [0.717, 1.165) is 5.56 Å². The van der Waals surface area contributed by atoms with Crippen LogP contribution in [0.15, 0.2) is 24.4 Å². The third-order valence-corrected chi connectivity index (χ3v) is 2.76. The number of aromatic nitrogens is 1. The average molecular weight is 257 g/mol. The molecule has 96 valence electrons. The lowest BCUT2D eigenvalue weighted by Gasteiger charge is -2.10. The van der Waals surface area contributed by atoms with Gasteiger partial charge in [0.1, 0.15) is 11.6 Å². The van der Waals surface area contributed by atoms with E-state index in [1.165, 1.54) is 18.3 Å². The Labute approximate surface area is 110 Å². The van der Waals surface area contributed by atoms with Crippen LogP contribution in [-0.2, 0) is 0 Å². The number of nitrogens with zero attached hydrogens (tertiary/aromatic N) is 2. The molecule has 0 spiro atoms. The van der Waals surface area contributed by atoms with Gasteiger partial charge >= 0.3 is 0 Å². The number of ether oxygens (including phenoxy) is 1. The van der Waals surface area contributed by atoms with E-state index >= 15 is 0 Å². The van der Waals surface area contributed by atoms with Crippen molar-refractivity contribution in [1.82, 2.24) is 4.98 Å². The topological polar surface area (TPSA) is 71.9 Å². The molecular weight excluding hydrogens is 245 g/mol. The predicted octanol–water partition coefficient (Wildman–Crippen LogP) is 3.08. The number of nitriles is 1. The van der Waals surface area contributed by atoms with Crippen molar-refractivity contribution >= 4 is 5.69 Å². The highest BCUT2D eigenvalue weighted by molar-refractivity contribution is 5.52. The van der Waals surface area contributed by atoms with E-state index in [1.54, 1.807) is 19.9 Å². The Kier molecular flexibility index (Phi) is 3.34. The minimum Gasteiger partial charge on any atom is -0.435 e. The van der Waals surface area contributed by atoms with E-state index in [9.17, 15) is 4.39 Å². The predicted molar refractivity (Wildman–Crippen MR) is 69.3 cm³/mol. The molecule has 0 saturated heterocycles. The first-order valence-corrected chi connectivity index (χ1v) is 5.62. The molecule has 0 amide bonds. The van der Waals surface area contributed by atoms with Gasteiger partial charge < -0.3 is 10.5 Å². The van der Waals surface area contributed by atoms with Gasteiger partial charge in [0.2, 0.25) is 5.88 Å². The van der Waals surface area contributed by atoms with Crippen LogP contribution in [0.1, 0.15) is 16.7 Å². The fraction of sp³-hybridized carbons (Fsp3) is 0.143. The first-order valence-electron chi connectivity index (χ1n) is 5.62. The summed E-state index contributed by atoms with van der Waals surface area (Å²) in [5.74, 6) is -0.498. The molecule has 0 aliphatic rings. The molecule has 1 aromatic carbocycles. The minimum absolute atomic E-state index is 0.00120. The van der Waals surface area contributed by atoms with Crippen molar-refractivity contribution < 1.29 is 9.13 Å². The first-order chi connectivity index (χ1) is 9.02. The number of aryl methyl sites for hydroxylation is 2. The number of nitrogen functional groups attached to an aromatic ring is 1. The van der Waals surface area contributed by atoms with Crippen LogP contribution in [0.3, 0.4) is 0 Å². The van der Waals surface area contributed by atoms with Gasteiger partial charge in [-0.3, -0.25) is 0 Å². The lowest BCUT2D eigenvalue weighted by Crippen LogP contribution is -1.98. The maximum atomic E-state index is 13.7. The summed E-state index contributed by atoms with van der Waals surface area (Å²) >= 11 is 0. The molecule has 0 bridgehead atoms. The molecule has 2 aromatic rings. The fourth-order valence-corrected chi connectivity index (χ4v) is 1.60. The van der Waals surface area contributed by atoms with E-state index in [1.807, 2.05) is 6.07 Å². The van der Waals surface area contributed by atoms with Crippen molar-refractivity contribution in [2.24, 2.45) is 0 Å². The van der Waals surface area contributed by atoms with Gasteiger partial charge in [0, 0.05) is 18.0 Å². The van der Waals surface area contributed by atoms with Crippen LogP contribution < -0.4 is 10.5 Å². The van der Waals surface area contributed by atoms with Gasteiger partial charge in [-0.2, -0.15) is 5.26 Å². The van der Waals surface area contributed by atoms with Gasteiger partial charge in [-0.15, -0.1) is 0 Å². The van der Waals surface area contributed by atoms with Crippen molar-refractivity contribution in [2.75, 3.05) is 5.73 Å². The molecule has 2 N–H and O–H groups in total. The highest BCUT2D eigenvalue weighted by atomic mass is 19.1. The number of rotatable bonds is 2. The Morgan fingerprint density at radius 3 is 2.74 bits per heavy atom. The summed E-state index contributed by atoms with van der Waals surface area (Å²) < 4.78 is 19.1. The smallest absolute Gasteiger partial charge is 0.237 e. The van der Waals surface area contributed by atoms with E-state index in [0.29, 0.717) is 11.3 Å². The monoisotopic (exact) mass is 257 g/mol. The molecule has 2 rings (SSSR count). The van der Waals surface area contributed by atoms with Crippen molar-refractivity contribution in [1.29, 1.82) is 5.26 Å². The van der Waals surface area contributed by atoms with Gasteiger partial charge in [0.05, 0.1) is 0 Å². The number of hydrogen-bond donors (Lipinski definition) is 1. The number of hydrogen-bond acceptors (Lipinski definition) is 4. The van der Waals surface area contributed by atoms with Crippen molar-refractivity contribution in [3.05, 3.63) is 46.9 Å². The van der Waals surface area contributed by atoms with Gasteiger partial charge in [-0.05, 0) is 37.1 Å². The highest BCUT2D eigenvalue weighted by Crippen LogP contribution is 2.29. The number of benzene rings is 1. The first kappa shape index (κ1) is 12.8. The maximum absolute atomic E-state index is 13.7. The Balaban J connectivity index is 2.45. The normalized spacial score (nSPS) is 10.0. The summed E-state index contributed by atoms with van der Waals surface area (Å²) in [4.78, 5) is 3.96. The molecule has 0 radical (unpaired) electrons. The third kappa shape index (κ3) is 2.47. The molecule has 0 aliphatic heterocycles. The number of halogens is 1. The molecule has 1 aromatic heterocycles. The summed E-state index contributed by atoms with van der Waals surface area (Å²) in [7, 11) is 0. The molecule has 1 heterocycles. The molecule has 0 saturated carbocycles. The van der Waals surface area contributed by atoms with Crippen molar-refractivity contribution in [2.45, 2.75) is 13.8 Å². The molecule has 4 nitrogen and oxygen atoms in total. The minimum atomic E-state index is -0.588. The Morgan fingerprint density at radius 1 is 1.32 bits per heavy atom. The Hall–Kier alpha value is -2.61. The molecule has 0 unspecified atom stereocenters. The van der Waals surface area contributed by atoms with Crippen LogP contribution in [0, 0.1) is 31.0 Å². The number of anilines is 1. The zero-order valence-electron chi connectivity index (χ0n) is 10.6. The van der Waals surface area contributed by atoms with Crippen molar-refractivity contribution in [3.63, 3.8) is 0 Å². The highest BCUT2D eigenvalue weighted by Gasteiger charge is 2.13. The SMILES string of the molecule is Cc1cc(Oc2nccc(C)c2C#N)c(F)cc1N. The third-order valence-electron chi connectivity index (χ3n) is 2.76. The second kappa shape index (κ2) is 4.94. The maximum Gasteiger partial charge on any atom is 0.237 e. The van der Waals surface area contributed by atoms with Gasteiger partial charge in [0.25, 0.3) is 0 Å². The Bertz CT molecular complexity index is 677. The van der Waals surface area contributed by atoms with Gasteiger partial charge in [-0.1, -0.05) is 0 Å². The van der Waals surface area contributed by atoms with E-state index in [-0.39, 0.29) is 17.2 Å². The summed E-state index contributed by atoms with van der Waals surface area (Å²) in [5, 5.41) is 9.06. The second-order valence-corrected chi connectivity index (χ2v) is 4.16. The van der Waals surface area contributed by atoms with Crippen LogP contribution in [-0.4, -0.2) is 4.98 Å². The fourth-order valence-electron chi connectivity index (χ4n) is 1.60. The van der Waals surface area contributed by atoms with Crippen LogP contribution in [0.25, 0.3) is 0 Å². The standard InChI is InChI=1S/C14H12FN3O/c1-8-3-4-18-14(10(8)7-16)19-13-5-9(2)12(17)6-11(13)15/h3-6H,17H2,1-2H3. The largest absolute Gasteiger partial charge is 0.435 e. The summed E-state index contributed by atoms with van der Waals surface area (Å²) in [6.45, 7) is 3.51. The zero-order valence-corrected chi connectivity index (χ0v) is 10.6. The zero-order chi connectivity index (χ0) is 14.0. The lowest BCUT2D eigenvalue weighted by molar-refractivity contribution is 0.425. The van der Waals surface area contributed by atoms with Crippen LogP contribution >= 0.6 is 0 Å². The van der Waals surface area contributed by atoms with Crippen molar-refractivity contribution in [3.8, 4) is 17.7 Å². The molecule has 0 aliphatic carbocycles. The second-order valence-electron chi connectivity index (χ2n) is 4.16.